The highest BCUT2D eigenvalue weighted by molar-refractivity contribution is 5.94. The molecule has 2 rings (SSSR count). The molecule has 1 heterocycles. The molecule has 0 saturated heterocycles. The van der Waals surface area contributed by atoms with Gasteiger partial charge in [0.05, 0.1) is 18.2 Å². The summed E-state index contributed by atoms with van der Waals surface area (Å²) in [7, 11) is 1.64. The molecule has 7 heteroatoms. The fraction of sp³-hybridized carbons (Fsp3) is 0.579. The first-order valence-corrected chi connectivity index (χ1v) is 8.71. The van der Waals surface area contributed by atoms with Crippen LogP contribution in [0.25, 0.3) is 0 Å². The molecular weight excluding hydrogens is 336 g/mol. The van der Waals surface area contributed by atoms with Gasteiger partial charge in [0.15, 0.2) is 0 Å². The van der Waals surface area contributed by atoms with Gasteiger partial charge in [0.25, 0.3) is 0 Å². The lowest BCUT2D eigenvalue weighted by Gasteiger charge is -2.24. The zero-order valence-corrected chi connectivity index (χ0v) is 16.1. The first-order chi connectivity index (χ1) is 12.2. The van der Waals surface area contributed by atoms with Crippen molar-refractivity contribution in [1.82, 2.24) is 10.6 Å². The van der Waals surface area contributed by atoms with Gasteiger partial charge in [-0.15, -0.1) is 0 Å². The van der Waals surface area contributed by atoms with Crippen molar-refractivity contribution in [2.75, 3.05) is 26.8 Å². The van der Waals surface area contributed by atoms with Crippen LogP contribution in [0.1, 0.15) is 53.9 Å². The van der Waals surface area contributed by atoms with E-state index in [1.807, 2.05) is 33.8 Å². The average Bonchev–Trinajstić information content (AvgIpc) is 2.92. The third-order valence-corrected chi connectivity index (χ3v) is 4.13. The Morgan fingerprint density at radius 2 is 2.08 bits per heavy atom. The van der Waals surface area contributed by atoms with Gasteiger partial charge in [0.2, 0.25) is 0 Å². The quantitative estimate of drug-likeness (QED) is 0.571. The molecule has 0 aliphatic carbocycles. The number of rotatable bonds is 7. The summed E-state index contributed by atoms with van der Waals surface area (Å²) in [5.41, 5.74) is 2.97. The third-order valence-electron chi connectivity index (χ3n) is 4.13. The normalized spacial score (nSPS) is 14.6. The van der Waals surface area contributed by atoms with Gasteiger partial charge in [0, 0.05) is 25.8 Å². The molecule has 1 aromatic carbocycles. The van der Waals surface area contributed by atoms with Gasteiger partial charge in [-0.25, -0.2) is 9.59 Å². The summed E-state index contributed by atoms with van der Waals surface area (Å²) in [6, 6.07) is 3.55. The molecule has 0 radical (unpaired) electrons. The molecule has 0 aromatic heterocycles. The van der Waals surface area contributed by atoms with Crippen LogP contribution in [0.5, 0.6) is 0 Å². The van der Waals surface area contributed by atoms with Crippen LogP contribution in [0.2, 0.25) is 0 Å². The number of nitrogens with one attached hydrogen (secondary N) is 2. The molecule has 0 fully saturated rings. The molecule has 0 saturated carbocycles. The number of carbonyl (C=O) groups excluding carboxylic acids is 2. The lowest BCUT2D eigenvalue weighted by molar-refractivity contribution is 0.0515. The molecule has 0 spiro atoms. The summed E-state index contributed by atoms with van der Waals surface area (Å²) < 4.78 is 15.5. The van der Waals surface area contributed by atoms with Gasteiger partial charge in [-0.1, -0.05) is 6.07 Å². The van der Waals surface area contributed by atoms with Crippen LogP contribution in [0.4, 0.5) is 4.79 Å². The highest BCUT2D eigenvalue weighted by atomic mass is 16.6. The first kappa shape index (κ1) is 20.2. The second kappa shape index (κ2) is 8.51. The number of cyclic esters (lactones) is 1. The van der Waals surface area contributed by atoms with Crippen molar-refractivity contribution in [3.63, 3.8) is 0 Å². The molecule has 2 N–H and O–H groups in total. The summed E-state index contributed by atoms with van der Waals surface area (Å²) in [5, 5.41) is 6.18. The zero-order valence-electron chi connectivity index (χ0n) is 16.1. The van der Waals surface area contributed by atoms with Crippen LogP contribution >= 0.6 is 0 Å². The SMILES string of the molecule is COCCN[C@@H](CNC(=O)OC(C)(C)C)c1ccc2c(c1C)COC2=O. The number of methoxy groups -OCH3 is 1. The van der Waals surface area contributed by atoms with Gasteiger partial charge >= 0.3 is 12.1 Å². The Bertz CT molecular complexity index is 667. The van der Waals surface area contributed by atoms with Crippen molar-refractivity contribution in [1.29, 1.82) is 0 Å². The van der Waals surface area contributed by atoms with Gasteiger partial charge in [-0.2, -0.15) is 0 Å². The molecule has 1 aliphatic rings. The van der Waals surface area contributed by atoms with E-state index in [9.17, 15) is 9.59 Å². The van der Waals surface area contributed by atoms with Crippen LogP contribution in [0.15, 0.2) is 12.1 Å². The Morgan fingerprint density at radius 3 is 2.73 bits per heavy atom. The van der Waals surface area contributed by atoms with Crippen molar-refractivity contribution in [3.05, 3.63) is 34.4 Å². The fourth-order valence-corrected chi connectivity index (χ4v) is 2.87. The number of amides is 1. The van der Waals surface area contributed by atoms with Gasteiger partial charge in [-0.05, 0) is 44.9 Å². The van der Waals surface area contributed by atoms with Crippen molar-refractivity contribution in [3.8, 4) is 0 Å². The minimum atomic E-state index is -0.551. The molecule has 144 valence electrons. The Balaban J connectivity index is 2.14. The molecule has 1 aliphatic heterocycles. The summed E-state index contributed by atoms with van der Waals surface area (Å²) in [6.07, 6.45) is -0.464. The largest absolute Gasteiger partial charge is 0.457 e. The van der Waals surface area contributed by atoms with Crippen LogP contribution in [0.3, 0.4) is 0 Å². The number of esters is 1. The fourth-order valence-electron chi connectivity index (χ4n) is 2.87. The number of carbonyl (C=O) groups is 2. The van der Waals surface area contributed by atoms with Crippen LogP contribution < -0.4 is 10.6 Å². The van der Waals surface area contributed by atoms with E-state index in [4.69, 9.17) is 14.2 Å². The van der Waals surface area contributed by atoms with E-state index < -0.39 is 11.7 Å². The van der Waals surface area contributed by atoms with Gasteiger partial charge in [-0.3, -0.25) is 0 Å². The molecular formula is C19H28N2O5. The monoisotopic (exact) mass is 364 g/mol. The van der Waals surface area contributed by atoms with E-state index in [1.54, 1.807) is 13.2 Å². The third kappa shape index (κ3) is 5.19. The van der Waals surface area contributed by atoms with Gasteiger partial charge < -0.3 is 24.8 Å². The Kier molecular flexibility index (Phi) is 6.61. The van der Waals surface area contributed by atoms with Gasteiger partial charge in [0.1, 0.15) is 12.2 Å². The Morgan fingerprint density at radius 1 is 1.35 bits per heavy atom. The average molecular weight is 364 g/mol. The minimum absolute atomic E-state index is 0.140. The van der Waals surface area contributed by atoms with Crippen molar-refractivity contribution in [2.45, 2.75) is 45.9 Å². The number of alkyl carbamates (subject to hydrolysis) is 1. The summed E-state index contributed by atoms with van der Waals surface area (Å²) in [6.45, 7) is 9.26. The highest BCUT2D eigenvalue weighted by Gasteiger charge is 2.26. The number of benzene rings is 1. The molecule has 26 heavy (non-hydrogen) atoms. The number of ether oxygens (including phenoxy) is 3. The molecule has 1 amide bonds. The maximum Gasteiger partial charge on any atom is 0.407 e. The van der Waals surface area contributed by atoms with E-state index in [2.05, 4.69) is 10.6 Å². The van der Waals surface area contributed by atoms with Crippen molar-refractivity contribution in [2.24, 2.45) is 0 Å². The minimum Gasteiger partial charge on any atom is -0.457 e. The van der Waals surface area contributed by atoms with Crippen LogP contribution in [-0.4, -0.2) is 44.5 Å². The highest BCUT2D eigenvalue weighted by Crippen LogP contribution is 2.29. The Hall–Kier alpha value is -2.12. The summed E-state index contributed by atoms with van der Waals surface area (Å²) in [4.78, 5) is 23.7. The lowest BCUT2D eigenvalue weighted by Crippen LogP contribution is -2.39. The predicted octanol–water partition coefficient (Wildman–Crippen LogP) is 2.47. The van der Waals surface area contributed by atoms with Crippen LogP contribution in [0, 0.1) is 6.92 Å². The second-order valence-electron chi connectivity index (χ2n) is 7.26. The van der Waals surface area contributed by atoms with E-state index in [-0.39, 0.29) is 18.6 Å². The van der Waals surface area contributed by atoms with E-state index in [0.717, 1.165) is 16.7 Å². The van der Waals surface area contributed by atoms with Crippen LogP contribution in [-0.2, 0) is 20.8 Å². The second-order valence-corrected chi connectivity index (χ2v) is 7.26. The number of fused-ring (bicyclic) bond motifs is 1. The van der Waals surface area contributed by atoms with E-state index >= 15 is 0 Å². The number of hydrogen-bond donors (Lipinski definition) is 2. The summed E-state index contributed by atoms with van der Waals surface area (Å²) >= 11 is 0. The topological polar surface area (TPSA) is 85.9 Å². The standard InChI is InChI=1S/C19H28N2O5/c1-12-13(6-7-14-15(12)11-25-17(14)22)16(20-8-9-24-5)10-21-18(23)26-19(2,3)4/h6-7,16,20H,8-11H2,1-5H3,(H,21,23)/t16-/m0/s1. The Labute approximate surface area is 154 Å². The zero-order chi connectivity index (χ0) is 19.3. The molecule has 0 unspecified atom stereocenters. The van der Waals surface area contributed by atoms with Crippen molar-refractivity contribution >= 4 is 12.1 Å². The smallest absolute Gasteiger partial charge is 0.407 e. The summed E-state index contributed by atoms with van der Waals surface area (Å²) in [5.74, 6) is -0.287. The maximum absolute atomic E-state index is 12.0. The van der Waals surface area contributed by atoms with E-state index in [1.165, 1.54) is 0 Å². The molecule has 7 nitrogen and oxygen atoms in total. The lowest BCUT2D eigenvalue weighted by atomic mass is 9.94. The maximum atomic E-state index is 12.0. The number of hydrogen-bond acceptors (Lipinski definition) is 6. The predicted molar refractivity (Wildman–Crippen MR) is 97.2 cm³/mol. The first-order valence-electron chi connectivity index (χ1n) is 8.71. The molecule has 1 atom stereocenters. The van der Waals surface area contributed by atoms with E-state index in [0.29, 0.717) is 25.3 Å². The molecule has 1 aromatic rings. The van der Waals surface area contributed by atoms with Crippen molar-refractivity contribution < 1.29 is 23.8 Å². The molecule has 0 bridgehead atoms.